The van der Waals surface area contributed by atoms with Crippen LogP contribution in [0.25, 0.3) is 0 Å². The predicted octanol–water partition coefficient (Wildman–Crippen LogP) is 1.76. The average molecular weight is 478 g/mol. The summed E-state index contributed by atoms with van der Waals surface area (Å²) in [5, 5.41) is 7.80. The normalized spacial score (nSPS) is 17.0. The van der Waals surface area contributed by atoms with Crippen LogP contribution in [0.5, 0.6) is 0 Å². The summed E-state index contributed by atoms with van der Waals surface area (Å²) in [7, 11) is 1.68. The number of benzene rings is 1. The molecule has 2 aromatic rings. The van der Waals surface area contributed by atoms with Gasteiger partial charge < -0.3 is 25.0 Å². The summed E-state index contributed by atoms with van der Waals surface area (Å²) in [6.07, 6.45) is 0.188. The van der Waals surface area contributed by atoms with Gasteiger partial charge in [-0.2, -0.15) is 0 Å². The summed E-state index contributed by atoms with van der Waals surface area (Å²) >= 11 is 1.39. The second-order valence-electron chi connectivity index (χ2n) is 7.95. The molecule has 2 aliphatic rings. The van der Waals surface area contributed by atoms with Crippen LogP contribution in [0.3, 0.4) is 0 Å². The molecule has 2 N–H and O–H groups in total. The first-order chi connectivity index (χ1) is 16.1. The van der Waals surface area contributed by atoms with Crippen molar-refractivity contribution in [2.24, 2.45) is 0 Å². The van der Waals surface area contributed by atoms with Gasteiger partial charge in [-0.1, -0.05) is 6.07 Å². The molecule has 11 heteroatoms. The fourth-order valence-corrected chi connectivity index (χ4v) is 4.53. The highest BCUT2D eigenvalue weighted by Crippen LogP contribution is 2.27. The zero-order valence-corrected chi connectivity index (χ0v) is 19.3. The highest BCUT2D eigenvalue weighted by molar-refractivity contribution is 7.14. The fourth-order valence-electron chi connectivity index (χ4n) is 3.70. The third-order valence-electron chi connectivity index (χ3n) is 5.64. The number of anilines is 2. The maximum absolute atomic E-state index is 12.8. The molecule has 0 radical (unpaired) electrons. The predicted molar refractivity (Wildman–Crippen MR) is 124 cm³/mol. The van der Waals surface area contributed by atoms with E-state index in [1.54, 1.807) is 24.6 Å². The second-order valence-corrected chi connectivity index (χ2v) is 8.78. The quantitative estimate of drug-likeness (QED) is 0.568. The minimum Gasteiger partial charge on any atom is -0.379 e. The standard InChI is InChI=1S/C22H28FN5O4S/c1-31-16-12-28(13-16)22-26-19(14-33-22)21(30)25-18-3-2-15(11-27-6-8-32-9-7-27)10-17(18)20(29)24-5-4-23/h2-3,10,14,16H,4-9,11-13H2,1H3,(H,24,29)(H,25,30). The molecule has 4 rings (SSSR count). The van der Waals surface area contributed by atoms with Crippen LogP contribution in [0, 0.1) is 0 Å². The number of methoxy groups -OCH3 is 1. The Hall–Kier alpha value is -2.60. The lowest BCUT2D eigenvalue weighted by Gasteiger charge is -2.37. The molecule has 1 aromatic heterocycles. The van der Waals surface area contributed by atoms with Gasteiger partial charge in [0.1, 0.15) is 12.4 Å². The Morgan fingerprint density at radius 2 is 2.06 bits per heavy atom. The largest absolute Gasteiger partial charge is 0.379 e. The van der Waals surface area contributed by atoms with E-state index in [1.807, 2.05) is 11.0 Å². The van der Waals surface area contributed by atoms with Crippen molar-refractivity contribution in [3.8, 4) is 0 Å². The van der Waals surface area contributed by atoms with Crippen LogP contribution in [0.1, 0.15) is 26.4 Å². The third kappa shape index (κ3) is 5.85. The molecule has 33 heavy (non-hydrogen) atoms. The number of morpholine rings is 1. The number of hydrogen-bond donors (Lipinski definition) is 2. The molecule has 0 saturated carbocycles. The number of ether oxygens (including phenoxy) is 2. The van der Waals surface area contributed by atoms with Crippen molar-refractivity contribution in [1.29, 1.82) is 0 Å². The van der Waals surface area contributed by atoms with Gasteiger partial charge in [-0.25, -0.2) is 9.37 Å². The number of halogens is 1. The number of alkyl halides is 1. The fraction of sp³-hybridized carbons (Fsp3) is 0.500. The van der Waals surface area contributed by atoms with Crippen LogP contribution < -0.4 is 15.5 Å². The number of hydrogen-bond acceptors (Lipinski definition) is 8. The first kappa shape index (κ1) is 23.6. The molecule has 0 aliphatic carbocycles. The van der Waals surface area contributed by atoms with E-state index in [9.17, 15) is 14.0 Å². The van der Waals surface area contributed by atoms with Gasteiger partial charge in [0, 0.05) is 51.8 Å². The Balaban J connectivity index is 1.47. The summed E-state index contributed by atoms with van der Waals surface area (Å²) in [4.78, 5) is 34.2. The zero-order chi connectivity index (χ0) is 23.2. The average Bonchev–Trinajstić information content (AvgIpc) is 3.28. The smallest absolute Gasteiger partial charge is 0.275 e. The van der Waals surface area contributed by atoms with Crippen LogP contribution >= 0.6 is 11.3 Å². The number of aromatic nitrogens is 1. The molecule has 0 spiro atoms. The first-order valence-corrected chi connectivity index (χ1v) is 11.8. The van der Waals surface area contributed by atoms with Gasteiger partial charge in [0.05, 0.1) is 30.6 Å². The molecule has 1 aromatic carbocycles. The molecule has 0 unspecified atom stereocenters. The van der Waals surface area contributed by atoms with Crippen molar-refractivity contribution in [3.05, 3.63) is 40.4 Å². The molecule has 178 valence electrons. The molecule has 9 nitrogen and oxygen atoms in total. The molecular formula is C22H28FN5O4S. The van der Waals surface area contributed by atoms with E-state index in [0.717, 1.165) is 36.9 Å². The van der Waals surface area contributed by atoms with Crippen LogP contribution in [0.4, 0.5) is 15.2 Å². The van der Waals surface area contributed by atoms with E-state index in [-0.39, 0.29) is 18.3 Å². The highest BCUT2D eigenvalue weighted by atomic mass is 32.1. The minimum absolute atomic E-state index is 0.0896. The maximum atomic E-state index is 12.8. The molecule has 2 amide bonds. The summed E-state index contributed by atoms with van der Waals surface area (Å²) in [6, 6.07) is 5.34. The van der Waals surface area contributed by atoms with Crippen molar-refractivity contribution in [1.82, 2.24) is 15.2 Å². The van der Waals surface area contributed by atoms with Crippen LogP contribution in [-0.2, 0) is 16.0 Å². The lowest BCUT2D eigenvalue weighted by molar-refractivity contribution is 0.0342. The second kappa shape index (κ2) is 11.0. The molecule has 2 saturated heterocycles. The Bertz CT molecular complexity index is 975. The molecular weight excluding hydrogens is 449 g/mol. The van der Waals surface area contributed by atoms with Gasteiger partial charge in [-0.15, -0.1) is 11.3 Å². The van der Waals surface area contributed by atoms with E-state index >= 15 is 0 Å². The zero-order valence-electron chi connectivity index (χ0n) is 18.5. The van der Waals surface area contributed by atoms with Gasteiger partial charge in [0.25, 0.3) is 11.8 Å². The Labute approximate surface area is 195 Å². The van der Waals surface area contributed by atoms with Gasteiger partial charge in [-0.3, -0.25) is 14.5 Å². The lowest BCUT2D eigenvalue weighted by Crippen LogP contribution is -2.51. The molecule has 3 heterocycles. The number of nitrogens with zero attached hydrogens (tertiary/aromatic N) is 3. The maximum Gasteiger partial charge on any atom is 0.275 e. The minimum atomic E-state index is -0.664. The van der Waals surface area contributed by atoms with Crippen molar-refractivity contribution in [2.45, 2.75) is 12.6 Å². The summed E-state index contributed by atoms with van der Waals surface area (Å²) in [5.41, 5.74) is 1.87. The molecule has 2 fully saturated rings. The number of thiazole rings is 1. The topological polar surface area (TPSA) is 96.0 Å². The monoisotopic (exact) mass is 477 g/mol. The Morgan fingerprint density at radius 1 is 1.27 bits per heavy atom. The molecule has 0 atom stereocenters. The van der Waals surface area contributed by atoms with E-state index in [2.05, 4.69) is 20.5 Å². The number of amides is 2. The van der Waals surface area contributed by atoms with E-state index in [0.29, 0.717) is 31.0 Å². The Kier molecular flexibility index (Phi) is 7.86. The van der Waals surface area contributed by atoms with Gasteiger partial charge in [0.2, 0.25) is 0 Å². The van der Waals surface area contributed by atoms with E-state index in [1.165, 1.54) is 11.3 Å². The van der Waals surface area contributed by atoms with Crippen molar-refractivity contribution in [2.75, 3.05) is 69.9 Å². The first-order valence-electron chi connectivity index (χ1n) is 10.9. The SMILES string of the molecule is COC1CN(c2nc(C(=O)Nc3ccc(CN4CCOCC4)cc3C(=O)NCCF)cs2)C1. The third-order valence-corrected chi connectivity index (χ3v) is 6.54. The summed E-state index contributed by atoms with van der Waals surface area (Å²) in [5.74, 6) is -0.835. The summed E-state index contributed by atoms with van der Waals surface area (Å²) in [6.45, 7) is 4.38. The van der Waals surface area contributed by atoms with Crippen LogP contribution in [0.15, 0.2) is 23.6 Å². The number of nitrogens with one attached hydrogen (secondary N) is 2. The Morgan fingerprint density at radius 3 is 2.79 bits per heavy atom. The van der Waals surface area contributed by atoms with Gasteiger partial charge in [0.15, 0.2) is 5.13 Å². The van der Waals surface area contributed by atoms with Crippen molar-refractivity contribution < 1.29 is 23.5 Å². The number of carbonyl (C=O) groups excluding carboxylic acids is 2. The highest BCUT2D eigenvalue weighted by Gasteiger charge is 2.29. The molecule has 0 bridgehead atoms. The van der Waals surface area contributed by atoms with E-state index in [4.69, 9.17) is 9.47 Å². The van der Waals surface area contributed by atoms with Crippen molar-refractivity contribution in [3.63, 3.8) is 0 Å². The van der Waals surface area contributed by atoms with Gasteiger partial charge in [-0.05, 0) is 17.7 Å². The van der Waals surface area contributed by atoms with Crippen LogP contribution in [-0.4, -0.2) is 87.5 Å². The number of rotatable bonds is 9. The van der Waals surface area contributed by atoms with Crippen molar-refractivity contribution >= 4 is 34.0 Å². The number of carbonyl (C=O) groups is 2. The van der Waals surface area contributed by atoms with Crippen LogP contribution in [0.2, 0.25) is 0 Å². The lowest BCUT2D eigenvalue weighted by atomic mass is 10.1. The molecule has 2 aliphatic heterocycles. The summed E-state index contributed by atoms with van der Waals surface area (Å²) < 4.78 is 23.3. The van der Waals surface area contributed by atoms with Gasteiger partial charge >= 0.3 is 0 Å². The van der Waals surface area contributed by atoms with E-state index < -0.39 is 18.5 Å².